The highest BCUT2D eigenvalue weighted by atomic mass is 16.4. The lowest BCUT2D eigenvalue weighted by atomic mass is 10.1. The molecule has 5 heteroatoms. The maximum absolute atomic E-state index is 11.6. The first-order chi connectivity index (χ1) is 7.68. The molecule has 0 radical (unpaired) electrons. The molecule has 0 fully saturated rings. The predicted octanol–water partition coefficient (Wildman–Crippen LogP) is 1.44. The van der Waals surface area contributed by atoms with Gasteiger partial charge < -0.3 is 9.32 Å². The number of carbonyl (C=O) groups excluding carboxylic acids is 1. The van der Waals surface area contributed by atoms with E-state index in [0.717, 1.165) is 5.56 Å². The fourth-order valence-corrected chi connectivity index (χ4v) is 1.31. The van der Waals surface area contributed by atoms with Crippen molar-refractivity contribution in [2.24, 2.45) is 0 Å². The van der Waals surface area contributed by atoms with Gasteiger partial charge in [0.1, 0.15) is 0 Å². The lowest BCUT2D eigenvalue weighted by molar-refractivity contribution is 0.0827. The topological polar surface area (TPSA) is 59.2 Å². The quantitative estimate of drug-likeness (QED) is 0.763. The highest BCUT2D eigenvalue weighted by Gasteiger charge is 2.09. The van der Waals surface area contributed by atoms with E-state index in [-0.39, 0.29) is 5.91 Å². The van der Waals surface area contributed by atoms with E-state index in [1.54, 1.807) is 38.4 Å². The molecule has 0 N–H and O–H groups in total. The Morgan fingerprint density at radius 1 is 1.25 bits per heavy atom. The molecule has 2 rings (SSSR count). The van der Waals surface area contributed by atoms with Gasteiger partial charge in [-0.25, -0.2) is 0 Å². The highest BCUT2D eigenvalue weighted by Crippen LogP contribution is 2.16. The molecule has 0 unspecified atom stereocenters. The molecule has 1 aromatic heterocycles. The van der Waals surface area contributed by atoms with Gasteiger partial charge in [-0.2, -0.15) is 0 Å². The van der Waals surface area contributed by atoms with Gasteiger partial charge in [0, 0.05) is 25.2 Å². The van der Waals surface area contributed by atoms with Crippen molar-refractivity contribution in [3.63, 3.8) is 0 Å². The predicted molar refractivity (Wildman–Crippen MR) is 57.8 cm³/mol. The highest BCUT2D eigenvalue weighted by molar-refractivity contribution is 5.94. The second kappa shape index (κ2) is 4.14. The van der Waals surface area contributed by atoms with Crippen LogP contribution in [0.25, 0.3) is 11.5 Å². The van der Waals surface area contributed by atoms with E-state index in [4.69, 9.17) is 4.42 Å². The first-order valence-corrected chi connectivity index (χ1v) is 4.77. The standard InChI is InChI=1S/C11H11N3O2/c1-14(2)11(15)9-5-3-8(4-6-9)10-13-12-7-16-10/h3-7H,1-2H3. The number of benzene rings is 1. The molecular weight excluding hydrogens is 206 g/mol. The van der Waals surface area contributed by atoms with Gasteiger partial charge in [0.25, 0.3) is 5.91 Å². The Morgan fingerprint density at radius 3 is 2.44 bits per heavy atom. The Morgan fingerprint density at radius 2 is 1.94 bits per heavy atom. The number of aromatic nitrogens is 2. The second-order valence-electron chi connectivity index (χ2n) is 3.52. The number of hydrogen-bond donors (Lipinski definition) is 0. The van der Waals surface area contributed by atoms with E-state index in [9.17, 15) is 4.79 Å². The van der Waals surface area contributed by atoms with Gasteiger partial charge in [0.15, 0.2) is 0 Å². The Hall–Kier alpha value is -2.17. The fraction of sp³-hybridized carbons (Fsp3) is 0.182. The normalized spacial score (nSPS) is 10.1. The lowest BCUT2D eigenvalue weighted by Crippen LogP contribution is -2.21. The van der Waals surface area contributed by atoms with Crippen molar-refractivity contribution < 1.29 is 9.21 Å². The molecule has 0 saturated carbocycles. The van der Waals surface area contributed by atoms with E-state index < -0.39 is 0 Å². The molecule has 82 valence electrons. The van der Waals surface area contributed by atoms with E-state index >= 15 is 0 Å². The summed E-state index contributed by atoms with van der Waals surface area (Å²) >= 11 is 0. The number of rotatable bonds is 2. The maximum atomic E-state index is 11.6. The second-order valence-corrected chi connectivity index (χ2v) is 3.52. The van der Waals surface area contributed by atoms with Crippen molar-refractivity contribution in [3.8, 4) is 11.5 Å². The lowest BCUT2D eigenvalue weighted by Gasteiger charge is -2.09. The Kier molecular flexibility index (Phi) is 2.68. The smallest absolute Gasteiger partial charge is 0.253 e. The van der Waals surface area contributed by atoms with Gasteiger partial charge in [-0.1, -0.05) is 0 Å². The molecule has 0 saturated heterocycles. The van der Waals surface area contributed by atoms with E-state index in [1.807, 2.05) is 0 Å². The Bertz CT molecular complexity index is 474. The van der Waals surface area contributed by atoms with Gasteiger partial charge in [-0.15, -0.1) is 10.2 Å². The minimum absolute atomic E-state index is 0.0305. The van der Waals surface area contributed by atoms with E-state index in [2.05, 4.69) is 10.2 Å². The van der Waals surface area contributed by atoms with Crippen LogP contribution in [0.5, 0.6) is 0 Å². The molecule has 2 aromatic rings. The molecular formula is C11H11N3O2. The van der Waals surface area contributed by atoms with Crippen molar-refractivity contribution in [3.05, 3.63) is 36.2 Å². The molecule has 0 atom stereocenters. The average molecular weight is 217 g/mol. The van der Waals surface area contributed by atoms with Crippen molar-refractivity contribution >= 4 is 5.91 Å². The van der Waals surface area contributed by atoms with Gasteiger partial charge in [-0.05, 0) is 24.3 Å². The van der Waals surface area contributed by atoms with Crippen LogP contribution in [-0.2, 0) is 0 Å². The summed E-state index contributed by atoms with van der Waals surface area (Å²) in [5.74, 6) is 0.418. The average Bonchev–Trinajstić information content (AvgIpc) is 2.81. The Labute approximate surface area is 92.7 Å². The van der Waals surface area contributed by atoms with Crippen molar-refractivity contribution in [2.75, 3.05) is 14.1 Å². The van der Waals surface area contributed by atoms with Crippen LogP contribution >= 0.6 is 0 Å². The third-order valence-corrected chi connectivity index (χ3v) is 2.15. The summed E-state index contributed by atoms with van der Waals surface area (Å²) in [7, 11) is 3.43. The van der Waals surface area contributed by atoms with Crippen LogP contribution in [0, 0.1) is 0 Å². The van der Waals surface area contributed by atoms with Crippen LogP contribution in [0.4, 0.5) is 0 Å². The molecule has 0 bridgehead atoms. The van der Waals surface area contributed by atoms with Gasteiger partial charge >= 0.3 is 0 Å². The zero-order chi connectivity index (χ0) is 11.5. The molecule has 5 nitrogen and oxygen atoms in total. The molecule has 1 heterocycles. The first-order valence-electron chi connectivity index (χ1n) is 4.77. The largest absolute Gasteiger partial charge is 0.423 e. The van der Waals surface area contributed by atoms with E-state index in [1.165, 1.54) is 11.3 Å². The summed E-state index contributed by atoms with van der Waals surface area (Å²) in [5, 5.41) is 7.38. The van der Waals surface area contributed by atoms with Crippen LogP contribution < -0.4 is 0 Å². The minimum atomic E-state index is -0.0305. The molecule has 0 aliphatic rings. The van der Waals surface area contributed by atoms with Crippen LogP contribution in [0.2, 0.25) is 0 Å². The molecule has 0 aliphatic heterocycles. The number of carbonyl (C=O) groups is 1. The third kappa shape index (κ3) is 1.93. The Balaban J connectivity index is 2.27. The van der Waals surface area contributed by atoms with Crippen molar-refractivity contribution in [2.45, 2.75) is 0 Å². The van der Waals surface area contributed by atoms with Crippen LogP contribution in [0.3, 0.4) is 0 Å². The summed E-state index contributed by atoms with van der Waals surface area (Å²) in [4.78, 5) is 13.1. The number of nitrogens with zero attached hydrogens (tertiary/aromatic N) is 3. The van der Waals surface area contributed by atoms with Gasteiger partial charge in [0.05, 0.1) is 0 Å². The third-order valence-electron chi connectivity index (χ3n) is 2.15. The zero-order valence-corrected chi connectivity index (χ0v) is 9.04. The van der Waals surface area contributed by atoms with Crippen LogP contribution in [-0.4, -0.2) is 35.1 Å². The SMILES string of the molecule is CN(C)C(=O)c1ccc(-c2nnco2)cc1. The zero-order valence-electron chi connectivity index (χ0n) is 9.04. The summed E-state index contributed by atoms with van der Waals surface area (Å²) in [6.07, 6.45) is 1.27. The summed E-state index contributed by atoms with van der Waals surface area (Å²) < 4.78 is 5.05. The van der Waals surface area contributed by atoms with Crippen molar-refractivity contribution in [1.82, 2.24) is 15.1 Å². The summed E-state index contributed by atoms with van der Waals surface area (Å²) in [6, 6.07) is 7.04. The van der Waals surface area contributed by atoms with Crippen LogP contribution in [0.1, 0.15) is 10.4 Å². The van der Waals surface area contributed by atoms with Gasteiger partial charge in [0.2, 0.25) is 12.3 Å². The van der Waals surface area contributed by atoms with E-state index in [0.29, 0.717) is 11.5 Å². The molecule has 0 spiro atoms. The van der Waals surface area contributed by atoms with Crippen molar-refractivity contribution in [1.29, 1.82) is 0 Å². The van der Waals surface area contributed by atoms with Crippen LogP contribution in [0.15, 0.2) is 35.1 Å². The first kappa shape index (κ1) is 10.4. The molecule has 1 amide bonds. The van der Waals surface area contributed by atoms with Gasteiger partial charge in [-0.3, -0.25) is 4.79 Å². The number of hydrogen-bond acceptors (Lipinski definition) is 4. The summed E-state index contributed by atoms with van der Waals surface area (Å²) in [6.45, 7) is 0. The molecule has 0 aliphatic carbocycles. The monoisotopic (exact) mass is 217 g/mol. The molecule has 16 heavy (non-hydrogen) atoms. The molecule has 1 aromatic carbocycles. The maximum Gasteiger partial charge on any atom is 0.253 e. The minimum Gasteiger partial charge on any atom is -0.423 e. The fourth-order valence-electron chi connectivity index (χ4n) is 1.31. The summed E-state index contributed by atoms with van der Waals surface area (Å²) in [5.41, 5.74) is 1.43. The number of amides is 1.